The topological polar surface area (TPSA) is 26.3 Å². The van der Waals surface area contributed by atoms with Crippen LogP contribution in [0.3, 0.4) is 0 Å². The molecule has 0 N–H and O–H groups in total. The molecule has 1 fully saturated rings. The first-order valence-corrected chi connectivity index (χ1v) is 5.09. The lowest BCUT2D eigenvalue weighted by Crippen LogP contribution is -2.06. The second-order valence-electron chi connectivity index (χ2n) is 3.97. The van der Waals surface area contributed by atoms with Gasteiger partial charge in [-0.3, -0.25) is 4.79 Å². The van der Waals surface area contributed by atoms with E-state index in [-0.39, 0.29) is 6.61 Å². The van der Waals surface area contributed by atoms with Gasteiger partial charge in [0.15, 0.2) is 0 Å². The highest BCUT2D eigenvalue weighted by Crippen LogP contribution is 2.61. The maximum atomic E-state index is 13.4. The van der Waals surface area contributed by atoms with Crippen molar-refractivity contribution in [2.24, 2.45) is 5.92 Å². The van der Waals surface area contributed by atoms with Gasteiger partial charge < -0.3 is 4.74 Å². The molecule has 16 heavy (non-hydrogen) atoms. The Morgan fingerprint density at radius 3 is 2.56 bits per heavy atom. The monoisotopic (exact) mass is 226 g/mol. The molecule has 1 aliphatic rings. The molecule has 0 radical (unpaired) electrons. The number of esters is 1. The molecule has 2 nitrogen and oxygen atoms in total. The number of halogens is 2. The number of hydrogen-bond donors (Lipinski definition) is 0. The van der Waals surface area contributed by atoms with Gasteiger partial charge >= 0.3 is 5.97 Å². The maximum absolute atomic E-state index is 13.4. The molecule has 86 valence electrons. The van der Waals surface area contributed by atoms with E-state index in [0.29, 0.717) is 5.56 Å². The van der Waals surface area contributed by atoms with Gasteiger partial charge in [-0.25, -0.2) is 8.78 Å². The average Bonchev–Trinajstić information content (AvgIpc) is 2.79. The summed E-state index contributed by atoms with van der Waals surface area (Å²) >= 11 is 0. The van der Waals surface area contributed by atoms with Gasteiger partial charge in [-0.15, -0.1) is 0 Å². The van der Waals surface area contributed by atoms with E-state index in [9.17, 15) is 13.6 Å². The maximum Gasteiger partial charge on any atom is 0.302 e. The normalized spacial score (nSPS) is 26.2. The van der Waals surface area contributed by atoms with Gasteiger partial charge in [-0.05, 0) is 5.56 Å². The zero-order valence-corrected chi connectivity index (χ0v) is 8.82. The molecular weight excluding hydrogens is 214 g/mol. The molecule has 0 unspecified atom stereocenters. The van der Waals surface area contributed by atoms with Crippen LogP contribution in [0.5, 0.6) is 0 Å². The van der Waals surface area contributed by atoms with Crippen LogP contribution in [0.15, 0.2) is 30.3 Å². The number of ether oxygens (including phenoxy) is 1. The Balaban J connectivity index is 2.05. The third kappa shape index (κ3) is 1.92. The fourth-order valence-electron chi connectivity index (χ4n) is 1.92. The van der Waals surface area contributed by atoms with Gasteiger partial charge in [-0.2, -0.15) is 0 Å². The summed E-state index contributed by atoms with van der Waals surface area (Å²) in [5, 5.41) is 0. The molecule has 0 aliphatic heterocycles. The highest BCUT2D eigenvalue weighted by Gasteiger charge is 2.69. The van der Waals surface area contributed by atoms with E-state index in [2.05, 4.69) is 4.74 Å². The van der Waals surface area contributed by atoms with Crippen molar-refractivity contribution in [3.8, 4) is 0 Å². The summed E-state index contributed by atoms with van der Waals surface area (Å²) in [4.78, 5) is 10.6. The molecule has 1 aliphatic carbocycles. The van der Waals surface area contributed by atoms with Gasteiger partial charge in [0.25, 0.3) is 5.92 Å². The molecule has 0 bridgehead atoms. The Labute approximate surface area is 92.2 Å². The minimum atomic E-state index is -2.75. The summed E-state index contributed by atoms with van der Waals surface area (Å²) in [6.07, 6.45) is 0. The van der Waals surface area contributed by atoms with Gasteiger partial charge in [0.1, 0.15) is 6.61 Å². The van der Waals surface area contributed by atoms with Crippen molar-refractivity contribution in [2.75, 3.05) is 6.61 Å². The van der Waals surface area contributed by atoms with E-state index in [0.717, 1.165) is 0 Å². The van der Waals surface area contributed by atoms with E-state index in [1.165, 1.54) is 6.92 Å². The number of carbonyl (C=O) groups excluding carboxylic acids is 1. The largest absolute Gasteiger partial charge is 0.465 e. The zero-order valence-electron chi connectivity index (χ0n) is 8.82. The summed E-state index contributed by atoms with van der Waals surface area (Å²) in [7, 11) is 0. The first kappa shape index (κ1) is 11.0. The smallest absolute Gasteiger partial charge is 0.302 e. The zero-order chi connectivity index (χ0) is 11.8. The van der Waals surface area contributed by atoms with Crippen molar-refractivity contribution in [3.63, 3.8) is 0 Å². The average molecular weight is 226 g/mol. The SMILES string of the molecule is CC(=O)OC[C@@H]1[C@H](c2ccccc2)C1(F)F. The third-order valence-electron chi connectivity index (χ3n) is 2.83. The van der Waals surface area contributed by atoms with Crippen molar-refractivity contribution in [1.29, 1.82) is 0 Å². The minimum Gasteiger partial charge on any atom is -0.465 e. The fourth-order valence-corrected chi connectivity index (χ4v) is 1.92. The molecule has 0 saturated heterocycles. The Morgan fingerprint density at radius 2 is 2.00 bits per heavy atom. The number of carbonyl (C=O) groups is 1. The number of rotatable bonds is 3. The van der Waals surface area contributed by atoms with Gasteiger partial charge in [0.05, 0.1) is 11.8 Å². The standard InChI is InChI=1S/C12H12F2O2/c1-8(15)16-7-10-11(12(10,13)14)9-5-3-2-4-6-9/h2-6,10-11H,7H2,1H3/t10-,11+/m1/s1. The Bertz CT molecular complexity index is 389. The van der Waals surface area contributed by atoms with E-state index >= 15 is 0 Å². The summed E-state index contributed by atoms with van der Waals surface area (Å²) in [5.41, 5.74) is 0.602. The van der Waals surface area contributed by atoms with Crippen LogP contribution in [0.1, 0.15) is 18.4 Å². The minimum absolute atomic E-state index is 0.206. The molecule has 0 aromatic heterocycles. The molecule has 1 aromatic rings. The molecule has 2 atom stereocenters. The van der Waals surface area contributed by atoms with Gasteiger partial charge in [0.2, 0.25) is 0 Å². The Morgan fingerprint density at radius 1 is 1.38 bits per heavy atom. The number of benzene rings is 1. The van der Waals surface area contributed by atoms with Crippen LogP contribution in [0.25, 0.3) is 0 Å². The predicted octanol–water partition coefficient (Wildman–Crippen LogP) is 2.60. The molecule has 0 heterocycles. The summed E-state index contributed by atoms with van der Waals surface area (Å²) < 4.78 is 31.4. The Hall–Kier alpha value is -1.45. The van der Waals surface area contributed by atoms with E-state index < -0.39 is 23.7 Å². The lowest BCUT2D eigenvalue weighted by Gasteiger charge is -1.99. The van der Waals surface area contributed by atoms with Gasteiger partial charge in [0, 0.05) is 6.92 Å². The molecular formula is C12H12F2O2. The molecule has 1 aromatic carbocycles. The van der Waals surface area contributed by atoms with E-state index in [4.69, 9.17) is 0 Å². The van der Waals surface area contributed by atoms with E-state index in [1.807, 2.05) is 0 Å². The summed E-state index contributed by atoms with van der Waals surface area (Å²) in [5.74, 6) is -4.96. The second-order valence-corrected chi connectivity index (χ2v) is 3.97. The van der Waals surface area contributed by atoms with Crippen molar-refractivity contribution in [2.45, 2.75) is 18.8 Å². The summed E-state index contributed by atoms with van der Waals surface area (Å²) in [6.45, 7) is 1.01. The van der Waals surface area contributed by atoms with Crippen LogP contribution in [-0.4, -0.2) is 18.5 Å². The van der Waals surface area contributed by atoms with Crippen LogP contribution in [0, 0.1) is 5.92 Å². The number of alkyl halides is 2. The van der Waals surface area contributed by atoms with Crippen LogP contribution >= 0.6 is 0 Å². The van der Waals surface area contributed by atoms with Crippen molar-refractivity contribution < 1.29 is 18.3 Å². The fraction of sp³-hybridized carbons (Fsp3) is 0.417. The number of hydrogen-bond acceptors (Lipinski definition) is 2. The van der Waals surface area contributed by atoms with Crippen molar-refractivity contribution in [3.05, 3.63) is 35.9 Å². The molecule has 2 rings (SSSR count). The van der Waals surface area contributed by atoms with Crippen LogP contribution in [0.2, 0.25) is 0 Å². The lowest BCUT2D eigenvalue weighted by atomic mass is 10.1. The summed E-state index contributed by atoms with van der Waals surface area (Å²) in [6, 6.07) is 8.59. The van der Waals surface area contributed by atoms with Crippen LogP contribution < -0.4 is 0 Å². The Kier molecular flexibility index (Phi) is 2.66. The van der Waals surface area contributed by atoms with Crippen molar-refractivity contribution in [1.82, 2.24) is 0 Å². The van der Waals surface area contributed by atoms with E-state index in [1.54, 1.807) is 30.3 Å². The third-order valence-corrected chi connectivity index (χ3v) is 2.83. The molecule has 1 saturated carbocycles. The second kappa shape index (κ2) is 3.85. The molecule has 0 amide bonds. The first-order valence-electron chi connectivity index (χ1n) is 5.09. The predicted molar refractivity (Wildman–Crippen MR) is 54.3 cm³/mol. The quantitative estimate of drug-likeness (QED) is 0.740. The molecule has 4 heteroatoms. The highest BCUT2D eigenvalue weighted by molar-refractivity contribution is 5.66. The van der Waals surface area contributed by atoms with Gasteiger partial charge in [-0.1, -0.05) is 30.3 Å². The van der Waals surface area contributed by atoms with Crippen molar-refractivity contribution >= 4 is 5.97 Å². The molecule has 0 spiro atoms. The lowest BCUT2D eigenvalue weighted by molar-refractivity contribution is -0.142. The van der Waals surface area contributed by atoms with Crippen LogP contribution in [-0.2, 0) is 9.53 Å². The highest BCUT2D eigenvalue weighted by atomic mass is 19.3. The first-order chi connectivity index (χ1) is 7.53. The van der Waals surface area contributed by atoms with Crippen LogP contribution in [0.4, 0.5) is 8.78 Å².